The van der Waals surface area contributed by atoms with Gasteiger partial charge in [-0.3, -0.25) is 14.9 Å². The van der Waals surface area contributed by atoms with Crippen LogP contribution in [-0.4, -0.2) is 48.1 Å². The second-order valence-electron chi connectivity index (χ2n) is 10.5. The van der Waals surface area contributed by atoms with Gasteiger partial charge in [-0.25, -0.2) is 0 Å². The number of rotatable bonds is 15. The van der Waals surface area contributed by atoms with Gasteiger partial charge in [-0.05, 0) is 24.8 Å². The van der Waals surface area contributed by atoms with Crippen molar-refractivity contribution >= 4 is 16.5 Å². The maximum atomic E-state index is 13.7. The molecular formula is C24H47N5OS. The zero-order chi connectivity index (χ0) is 22.7. The minimum atomic E-state index is -0.414. The van der Waals surface area contributed by atoms with Gasteiger partial charge in [0, 0.05) is 12.0 Å². The standard InChI is InChI=1S/C24H47N5OS/c1-6-7-8-9-10-11-12-13-14-15-16-17-18-25-21-19-28(5)20-29(21,30)23-27-26-22(31-23)24(2,3)4/h21,25H,6-20H2,1-5H3. The van der Waals surface area contributed by atoms with Crippen LogP contribution in [0.4, 0.5) is 5.13 Å². The molecule has 2 heterocycles. The van der Waals surface area contributed by atoms with E-state index in [-0.39, 0.29) is 11.6 Å². The van der Waals surface area contributed by atoms with Gasteiger partial charge in [-0.2, -0.15) is 0 Å². The first-order valence-electron chi connectivity index (χ1n) is 12.6. The Hall–Kier alpha value is -0.600. The minimum absolute atomic E-state index is 0.0708. The van der Waals surface area contributed by atoms with Gasteiger partial charge in [0.05, 0.1) is 6.54 Å². The van der Waals surface area contributed by atoms with Gasteiger partial charge in [0.25, 0.3) is 0 Å². The Morgan fingerprint density at radius 2 is 1.52 bits per heavy atom. The first-order chi connectivity index (χ1) is 14.8. The highest BCUT2D eigenvalue weighted by molar-refractivity contribution is 7.15. The number of hydroxylamine groups is 2. The van der Waals surface area contributed by atoms with Crippen molar-refractivity contribution in [1.82, 2.24) is 25.1 Å². The fraction of sp³-hybridized carbons (Fsp3) is 0.917. The molecule has 7 heteroatoms. The summed E-state index contributed by atoms with van der Waals surface area (Å²) >= 11 is 1.47. The molecule has 0 saturated carbocycles. The van der Waals surface area contributed by atoms with Crippen LogP contribution < -0.4 is 9.96 Å². The zero-order valence-electron chi connectivity index (χ0n) is 20.8. The predicted octanol–water partition coefficient (Wildman–Crippen LogP) is 6.16. The molecule has 0 radical (unpaired) electrons. The van der Waals surface area contributed by atoms with Crippen molar-refractivity contribution in [2.75, 3.05) is 26.8 Å². The summed E-state index contributed by atoms with van der Waals surface area (Å²) in [5.41, 5.74) is -0.0708. The molecule has 1 N–H and O–H groups in total. The molecule has 0 spiro atoms. The fourth-order valence-electron chi connectivity index (χ4n) is 4.25. The van der Waals surface area contributed by atoms with E-state index in [9.17, 15) is 5.21 Å². The Bertz CT molecular complexity index is 617. The Morgan fingerprint density at radius 1 is 0.968 bits per heavy atom. The lowest BCUT2D eigenvalue weighted by molar-refractivity contribution is 0.286. The summed E-state index contributed by atoms with van der Waals surface area (Å²) in [6.07, 6.45) is 16.1. The maximum absolute atomic E-state index is 13.7. The van der Waals surface area contributed by atoms with Crippen molar-refractivity contribution in [1.29, 1.82) is 0 Å². The minimum Gasteiger partial charge on any atom is -0.623 e. The van der Waals surface area contributed by atoms with Crippen molar-refractivity contribution in [3.05, 3.63) is 10.2 Å². The molecule has 2 unspecified atom stereocenters. The van der Waals surface area contributed by atoms with Gasteiger partial charge in [0.2, 0.25) is 0 Å². The Balaban J connectivity index is 1.62. The summed E-state index contributed by atoms with van der Waals surface area (Å²) in [6, 6.07) is 0. The van der Waals surface area contributed by atoms with Crippen LogP contribution in [-0.2, 0) is 5.41 Å². The number of nitrogens with one attached hydrogen (secondary N) is 1. The molecule has 1 aliphatic heterocycles. The molecule has 6 nitrogen and oxygen atoms in total. The third kappa shape index (κ3) is 8.69. The number of likely N-dealkylation sites (N-methyl/N-ethyl adjacent to an activating group) is 1. The average Bonchev–Trinajstić information content (AvgIpc) is 3.31. The van der Waals surface area contributed by atoms with E-state index >= 15 is 0 Å². The second-order valence-corrected chi connectivity index (χ2v) is 11.4. The highest BCUT2D eigenvalue weighted by Gasteiger charge is 2.42. The molecule has 1 aromatic heterocycles. The Kier molecular flexibility index (Phi) is 11.3. The van der Waals surface area contributed by atoms with Crippen LogP contribution in [0, 0.1) is 5.21 Å². The quantitative estimate of drug-likeness (QED) is 0.196. The number of quaternary nitrogens is 1. The normalized spacial score (nSPS) is 22.5. The SMILES string of the molecule is CCCCCCCCCCCCCCNC1CN(C)C[N+]1([O-])c1nnc(C(C)(C)C)s1. The highest BCUT2D eigenvalue weighted by Crippen LogP contribution is 2.36. The van der Waals surface area contributed by atoms with E-state index in [4.69, 9.17) is 0 Å². The first kappa shape index (κ1) is 26.7. The molecule has 0 aromatic carbocycles. The van der Waals surface area contributed by atoms with Gasteiger partial charge in [-0.1, -0.05) is 103 Å². The topological polar surface area (TPSA) is 64.1 Å². The van der Waals surface area contributed by atoms with Crippen LogP contribution in [0.25, 0.3) is 0 Å². The Labute approximate surface area is 195 Å². The molecule has 0 aliphatic carbocycles. The molecule has 180 valence electrons. The van der Waals surface area contributed by atoms with Crippen LogP contribution in [0.5, 0.6) is 0 Å². The second kappa shape index (κ2) is 13.2. The van der Waals surface area contributed by atoms with Gasteiger partial charge in [0.15, 0.2) is 6.17 Å². The molecule has 31 heavy (non-hydrogen) atoms. The van der Waals surface area contributed by atoms with E-state index in [0.717, 1.165) is 24.5 Å². The van der Waals surface area contributed by atoms with Gasteiger partial charge in [0.1, 0.15) is 11.7 Å². The summed E-state index contributed by atoms with van der Waals surface area (Å²) in [5, 5.41) is 27.3. The van der Waals surface area contributed by atoms with Gasteiger partial charge < -0.3 is 5.21 Å². The van der Waals surface area contributed by atoms with Crippen LogP contribution in [0.1, 0.15) is 110 Å². The van der Waals surface area contributed by atoms with Crippen molar-refractivity contribution in [3.63, 3.8) is 0 Å². The molecule has 1 fully saturated rings. The molecule has 0 amide bonds. The number of hydrogen-bond acceptors (Lipinski definition) is 6. The van der Waals surface area contributed by atoms with E-state index in [1.165, 1.54) is 82.0 Å². The van der Waals surface area contributed by atoms with Crippen LogP contribution in [0.2, 0.25) is 0 Å². The number of hydrogen-bond donors (Lipinski definition) is 1. The molecule has 1 aromatic rings. The van der Waals surface area contributed by atoms with Crippen molar-refractivity contribution in [3.8, 4) is 0 Å². The lowest BCUT2D eigenvalue weighted by atomic mass is 9.98. The lowest BCUT2D eigenvalue weighted by Gasteiger charge is -2.39. The zero-order valence-corrected chi connectivity index (χ0v) is 21.6. The van der Waals surface area contributed by atoms with E-state index < -0.39 is 4.65 Å². The highest BCUT2D eigenvalue weighted by atomic mass is 32.1. The molecule has 0 bridgehead atoms. The molecule has 2 rings (SSSR count). The summed E-state index contributed by atoms with van der Waals surface area (Å²) in [4.78, 5) is 2.10. The van der Waals surface area contributed by atoms with E-state index in [0.29, 0.717) is 11.8 Å². The Morgan fingerprint density at radius 3 is 2.03 bits per heavy atom. The van der Waals surface area contributed by atoms with Crippen molar-refractivity contribution < 1.29 is 0 Å². The van der Waals surface area contributed by atoms with Gasteiger partial charge >= 0.3 is 5.13 Å². The monoisotopic (exact) mass is 453 g/mol. The van der Waals surface area contributed by atoms with E-state index in [1.807, 2.05) is 7.05 Å². The predicted molar refractivity (Wildman–Crippen MR) is 134 cm³/mol. The summed E-state index contributed by atoms with van der Waals surface area (Å²) in [6.45, 7) is 10.7. The fourth-order valence-corrected chi connectivity index (χ4v) is 5.24. The third-order valence-corrected chi connectivity index (χ3v) is 7.69. The van der Waals surface area contributed by atoms with E-state index in [1.54, 1.807) is 0 Å². The smallest absolute Gasteiger partial charge is 0.309 e. The summed E-state index contributed by atoms with van der Waals surface area (Å²) < 4.78 is -0.414. The average molecular weight is 454 g/mol. The van der Waals surface area contributed by atoms with E-state index in [2.05, 4.69) is 48.1 Å². The van der Waals surface area contributed by atoms with Crippen LogP contribution in [0.15, 0.2) is 0 Å². The summed E-state index contributed by atoms with van der Waals surface area (Å²) in [5.74, 6) is 0. The lowest BCUT2D eigenvalue weighted by Crippen LogP contribution is -2.56. The number of unbranched alkanes of at least 4 members (excludes halogenated alkanes) is 11. The number of nitrogens with zero attached hydrogens (tertiary/aromatic N) is 4. The largest absolute Gasteiger partial charge is 0.623 e. The van der Waals surface area contributed by atoms with Gasteiger partial charge in [-0.15, -0.1) is 5.10 Å². The van der Waals surface area contributed by atoms with Crippen molar-refractivity contribution in [2.45, 2.75) is 116 Å². The summed E-state index contributed by atoms with van der Waals surface area (Å²) in [7, 11) is 2.02. The number of aromatic nitrogens is 2. The molecular weight excluding hydrogens is 406 g/mol. The first-order valence-corrected chi connectivity index (χ1v) is 13.4. The molecule has 1 aliphatic rings. The van der Waals surface area contributed by atoms with Crippen LogP contribution in [0.3, 0.4) is 0 Å². The van der Waals surface area contributed by atoms with Crippen molar-refractivity contribution in [2.24, 2.45) is 0 Å². The van der Waals surface area contributed by atoms with Crippen LogP contribution >= 0.6 is 11.3 Å². The molecule has 1 saturated heterocycles. The molecule has 2 atom stereocenters. The maximum Gasteiger partial charge on any atom is 0.309 e. The third-order valence-electron chi connectivity index (χ3n) is 6.23.